The van der Waals surface area contributed by atoms with Gasteiger partial charge in [0.25, 0.3) is 0 Å². The van der Waals surface area contributed by atoms with Gasteiger partial charge in [-0.05, 0) is 49.2 Å². The second-order valence-corrected chi connectivity index (χ2v) is 9.11. The van der Waals surface area contributed by atoms with Crippen molar-refractivity contribution in [2.75, 3.05) is 23.4 Å². The number of nitrogens with one attached hydrogen (secondary N) is 1. The maximum Gasteiger partial charge on any atom is 0.173 e. The lowest BCUT2D eigenvalue weighted by Gasteiger charge is -2.32. The molecule has 1 aliphatic heterocycles. The van der Waals surface area contributed by atoms with E-state index < -0.39 is 9.84 Å². The third-order valence-corrected chi connectivity index (χ3v) is 5.98. The Hall–Kier alpha value is -1.21. The minimum Gasteiger partial charge on any atom is -0.345 e. The van der Waals surface area contributed by atoms with E-state index in [-0.39, 0.29) is 23.4 Å². The van der Waals surface area contributed by atoms with Gasteiger partial charge < -0.3 is 10.2 Å². The molecule has 0 spiro atoms. The monoisotopic (exact) mass is 358 g/mol. The van der Waals surface area contributed by atoms with E-state index in [1.807, 2.05) is 4.90 Å². The van der Waals surface area contributed by atoms with Crippen LogP contribution < -0.4 is 5.32 Å². The predicted molar refractivity (Wildman–Crippen MR) is 96.0 cm³/mol. The van der Waals surface area contributed by atoms with E-state index in [0.29, 0.717) is 35.2 Å². The number of hydrogen-bond donors (Lipinski definition) is 1. The molecule has 1 aromatic carbocycles. The first-order chi connectivity index (χ1) is 10.7. The van der Waals surface area contributed by atoms with E-state index in [9.17, 15) is 12.8 Å². The topological polar surface area (TPSA) is 49.4 Å². The molecule has 7 heteroatoms. The summed E-state index contributed by atoms with van der Waals surface area (Å²) in [6, 6.07) is 4.75. The van der Waals surface area contributed by atoms with Crippen molar-refractivity contribution >= 4 is 32.9 Å². The van der Waals surface area contributed by atoms with Crippen LogP contribution in [0.5, 0.6) is 0 Å². The Morgan fingerprint density at radius 2 is 2.17 bits per heavy atom. The highest BCUT2D eigenvalue weighted by molar-refractivity contribution is 7.91. The lowest BCUT2D eigenvalue weighted by molar-refractivity contribution is 0.303. The van der Waals surface area contributed by atoms with Crippen molar-refractivity contribution in [1.29, 1.82) is 0 Å². The zero-order valence-electron chi connectivity index (χ0n) is 13.7. The van der Waals surface area contributed by atoms with E-state index in [0.717, 1.165) is 0 Å². The number of hydrogen-bond acceptors (Lipinski definition) is 3. The summed E-state index contributed by atoms with van der Waals surface area (Å²) in [6.07, 6.45) is 0.582. The van der Waals surface area contributed by atoms with Crippen molar-refractivity contribution < 1.29 is 12.8 Å². The maximum absolute atomic E-state index is 13.7. The fourth-order valence-corrected chi connectivity index (χ4v) is 4.75. The second-order valence-electron chi connectivity index (χ2n) is 6.50. The van der Waals surface area contributed by atoms with Crippen molar-refractivity contribution in [2.45, 2.75) is 33.2 Å². The van der Waals surface area contributed by atoms with Crippen LogP contribution in [0, 0.1) is 18.7 Å². The highest BCUT2D eigenvalue weighted by Gasteiger charge is 2.33. The predicted octanol–water partition coefficient (Wildman–Crippen LogP) is 2.98. The van der Waals surface area contributed by atoms with Gasteiger partial charge in [-0.15, -0.1) is 0 Å². The summed E-state index contributed by atoms with van der Waals surface area (Å²) in [5.41, 5.74) is 1.15. The van der Waals surface area contributed by atoms with Gasteiger partial charge in [-0.25, -0.2) is 12.8 Å². The number of rotatable bonds is 4. The van der Waals surface area contributed by atoms with Gasteiger partial charge in [-0.1, -0.05) is 19.9 Å². The van der Waals surface area contributed by atoms with E-state index >= 15 is 0 Å². The fourth-order valence-electron chi connectivity index (χ4n) is 2.68. The molecule has 1 N–H and O–H groups in total. The summed E-state index contributed by atoms with van der Waals surface area (Å²) in [5, 5.41) is 3.49. The van der Waals surface area contributed by atoms with E-state index in [1.54, 1.807) is 19.1 Å². The molecule has 23 heavy (non-hydrogen) atoms. The normalized spacial score (nSPS) is 19.8. The summed E-state index contributed by atoms with van der Waals surface area (Å²) >= 11 is 5.46. The van der Waals surface area contributed by atoms with Gasteiger partial charge in [0.15, 0.2) is 14.9 Å². The summed E-state index contributed by atoms with van der Waals surface area (Å²) < 4.78 is 37.2. The van der Waals surface area contributed by atoms with Crippen molar-refractivity contribution in [3.8, 4) is 0 Å². The van der Waals surface area contributed by atoms with Gasteiger partial charge >= 0.3 is 0 Å². The van der Waals surface area contributed by atoms with Gasteiger partial charge in [0.1, 0.15) is 5.82 Å². The van der Waals surface area contributed by atoms with Crippen LogP contribution in [0.4, 0.5) is 10.1 Å². The van der Waals surface area contributed by atoms with Crippen LogP contribution in [-0.2, 0) is 9.84 Å². The highest BCUT2D eigenvalue weighted by atomic mass is 32.2. The molecule has 1 aliphatic rings. The van der Waals surface area contributed by atoms with Crippen molar-refractivity contribution in [3.05, 3.63) is 29.6 Å². The molecule has 0 aliphatic carbocycles. The van der Waals surface area contributed by atoms with Crippen LogP contribution >= 0.6 is 12.2 Å². The molecule has 0 saturated carbocycles. The molecule has 1 saturated heterocycles. The van der Waals surface area contributed by atoms with Crippen LogP contribution in [0.3, 0.4) is 0 Å². The van der Waals surface area contributed by atoms with Gasteiger partial charge in [-0.3, -0.25) is 0 Å². The third-order valence-electron chi connectivity index (χ3n) is 3.89. The van der Waals surface area contributed by atoms with Crippen molar-refractivity contribution in [1.82, 2.24) is 4.90 Å². The molecule has 0 bridgehead atoms. The summed E-state index contributed by atoms with van der Waals surface area (Å²) in [7, 11) is -2.98. The van der Waals surface area contributed by atoms with E-state index in [4.69, 9.17) is 12.2 Å². The Bertz CT molecular complexity index is 689. The Labute approximate surface area is 143 Å². The first kappa shape index (κ1) is 18.1. The molecule has 4 nitrogen and oxygen atoms in total. The van der Waals surface area contributed by atoms with Crippen LogP contribution in [0.15, 0.2) is 18.2 Å². The minimum atomic E-state index is -2.98. The maximum atomic E-state index is 13.7. The zero-order valence-corrected chi connectivity index (χ0v) is 15.3. The Kier molecular flexibility index (Phi) is 5.62. The Morgan fingerprint density at radius 1 is 1.48 bits per heavy atom. The molecule has 1 heterocycles. The number of sulfone groups is 1. The molecule has 0 unspecified atom stereocenters. The van der Waals surface area contributed by atoms with Crippen LogP contribution in [0.25, 0.3) is 0 Å². The number of benzene rings is 1. The molecule has 0 amide bonds. The first-order valence-corrected chi connectivity index (χ1v) is 9.95. The van der Waals surface area contributed by atoms with Crippen molar-refractivity contribution in [3.63, 3.8) is 0 Å². The van der Waals surface area contributed by atoms with Gasteiger partial charge in [0.05, 0.1) is 11.5 Å². The number of nitrogens with zero attached hydrogens (tertiary/aromatic N) is 1. The van der Waals surface area contributed by atoms with Gasteiger partial charge in [0.2, 0.25) is 0 Å². The SMILES string of the molecule is Cc1ccc(NC(=S)N(CC(C)C)[C@@H]2CCS(=O)(=O)C2)cc1F. The van der Waals surface area contributed by atoms with Crippen LogP contribution in [0.1, 0.15) is 25.8 Å². The largest absolute Gasteiger partial charge is 0.345 e. The highest BCUT2D eigenvalue weighted by Crippen LogP contribution is 2.21. The standard InChI is InChI=1S/C16H23FN2O2S2/c1-11(2)9-19(14-6-7-23(20,21)10-14)16(22)18-13-5-4-12(3)15(17)8-13/h4-5,8,11,14H,6-7,9-10H2,1-3H3,(H,18,22)/t14-/m1/s1. The van der Waals surface area contributed by atoms with Gasteiger partial charge in [-0.2, -0.15) is 0 Å². The molecule has 1 fully saturated rings. The van der Waals surface area contributed by atoms with Crippen molar-refractivity contribution in [2.24, 2.45) is 5.92 Å². The second kappa shape index (κ2) is 7.13. The lowest BCUT2D eigenvalue weighted by atomic mass is 10.1. The molecular formula is C16H23FN2O2S2. The summed E-state index contributed by atoms with van der Waals surface area (Å²) in [4.78, 5) is 1.93. The zero-order chi connectivity index (χ0) is 17.2. The van der Waals surface area contributed by atoms with Crippen LogP contribution in [-0.4, -0.2) is 42.5 Å². The fraction of sp³-hybridized carbons (Fsp3) is 0.562. The molecule has 1 atom stereocenters. The number of anilines is 1. The summed E-state index contributed by atoms with van der Waals surface area (Å²) in [6.45, 7) is 6.49. The molecule has 128 valence electrons. The number of halogens is 1. The van der Waals surface area contributed by atoms with E-state index in [1.165, 1.54) is 6.07 Å². The molecule has 0 aromatic heterocycles. The molecule has 0 radical (unpaired) electrons. The summed E-state index contributed by atoms with van der Waals surface area (Å²) in [5.74, 6) is 0.377. The lowest BCUT2D eigenvalue weighted by Crippen LogP contribution is -2.45. The Morgan fingerprint density at radius 3 is 2.70 bits per heavy atom. The molecule has 2 rings (SSSR count). The average molecular weight is 359 g/mol. The van der Waals surface area contributed by atoms with Crippen LogP contribution in [0.2, 0.25) is 0 Å². The molecular weight excluding hydrogens is 335 g/mol. The average Bonchev–Trinajstić information content (AvgIpc) is 2.80. The smallest absolute Gasteiger partial charge is 0.173 e. The third kappa shape index (κ3) is 4.88. The van der Waals surface area contributed by atoms with E-state index in [2.05, 4.69) is 19.2 Å². The number of thiocarbonyl (C=S) groups is 1. The van der Waals surface area contributed by atoms with Gasteiger partial charge in [0, 0.05) is 18.3 Å². The minimum absolute atomic E-state index is 0.113. The quantitative estimate of drug-likeness (QED) is 0.839. The first-order valence-electron chi connectivity index (χ1n) is 7.72. The number of aryl methyl sites for hydroxylation is 1. The Balaban J connectivity index is 2.14. The molecule has 1 aromatic rings.